The minimum absolute atomic E-state index is 0.0124. The molecule has 1 aliphatic rings. The third kappa shape index (κ3) is 3.00. The van der Waals surface area contributed by atoms with Gasteiger partial charge in [0.15, 0.2) is 5.82 Å². The molecular formula is C19H18N6O3. The van der Waals surface area contributed by atoms with Gasteiger partial charge in [0.25, 0.3) is 17.6 Å². The normalized spacial score (nSPS) is 13.3. The van der Waals surface area contributed by atoms with Crippen molar-refractivity contribution in [2.45, 2.75) is 26.8 Å². The number of hydrogen-bond donors (Lipinski definition) is 1. The number of benzene rings is 1. The molecule has 0 radical (unpaired) electrons. The maximum absolute atomic E-state index is 12.3. The molecule has 0 unspecified atom stereocenters. The largest absolute Gasteiger partial charge is 0.349 e. The fraction of sp³-hybridized carbons (Fsp3) is 0.263. The van der Waals surface area contributed by atoms with Crippen LogP contribution < -0.4 is 5.32 Å². The van der Waals surface area contributed by atoms with Crippen molar-refractivity contribution in [2.75, 3.05) is 6.54 Å². The van der Waals surface area contributed by atoms with Crippen molar-refractivity contribution in [1.82, 2.24) is 29.8 Å². The fourth-order valence-electron chi connectivity index (χ4n) is 3.33. The van der Waals surface area contributed by atoms with Crippen LogP contribution >= 0.6 is 0 Å². The van der Waals surface area contributed by atoms with E-state index in [-0.39, 0.29) is 37.2 Å². The average Bonchev–Trinajstić information content (AvgIpc) is 3.18. The first-order chi connectivity index (χ1) is 13.5. The zero-order chi connectivity index (χ0) is 19.8. The second kappa shape index (κ2) is 6.84. The molecule has 1 aliphatic heterocycles. The summed E-state index contributed by atoms with van der Waals surface area (Å²) >= 11 is 0. The van der Waals surface area contributed by atoms with Gasteiger partial charge in [0.2, 0.25) is 5.91 Å². The Labute approximate surface area is 160 Å². The summed E-state index contributed by atoms with van der Waals surface area (Å²) in [5, 5.41) is 10.9. The van der Waals surface area contributed by atoms with E-state index in [1.54, 1.807) is 28.7 Å². The van der Waals surface area contributed by atoms with Crippen LogP contribution in [0, 0.1) is 13.8 Å². The summed E-state index contributed by atoms with van der Waals surface area (Å²) in [4.78, 5) is 42.3. The van der Waals surface area contributed by atoms with Crippen molar-refractivity contribution >= 4 is 23.5 Å². The molecule has 0 bridgehead atoms. The molecule has 0 saturated carbocycles. The molecule has 1 N–H and O–H groups in total. The van der Waals surface area contributed by atoms with Crippen molar-refractivity contribution in [1.29, 1.82) is 0 Å². The van der Waals surface area contributed by atoms with E-state index >= 15 is 0 Å². The Morgan fingerprint density at radius 2 is 1.75 bits per heavy atom. The number of nitrogens with zero attached hydrogens (tertiary/aromatic N) is 5. The van der Waals surface area contributed by atoms with Crippen LogP contribution in [0.25, 0.3) is 5.78 Å². The highest BCUT2D eigenvalue weighted by Crippen LogP contribution is 2.22. The topological polar surface area (TPSA) is 110 Å². The molecule has 2 aromatic heterocycles. The van der Waals surface area contributed by atoms with Crippen LogP contribution in [0.3, 0.4) is 0 Å². The molecule has 3 aromatic rings. The Balaban J connectivity index is 1.37. The Morgan fingerprint density at radius 1 is 1.07 bits per heavy atom. The van der Waals surface area contributed by atoms with Crippen molar-refractivity contribution in [3.05, 3.63) is 58.7 Å². The van der Waals surface area contributed by atoms with Crippen molar-refractivity contribution in [3.8, 4) is 0 Å². The van der Waals surface area contributed by atoms with Crippen molar-refractivity contribution < 1.29 is 14.4 Å². The van der Waals surface area contributed by atoms with Gasteiger partial charge in [-0.3, -0.25) is 23.7 Å². The Kier molecular flexibility index (Phi) is 4.34. The zero-order valence-electron chi connectivity index (χ0n) is 15.5. The van der Waals surface area contributed by atoms with Crippen LogP contribution in [0.1, 0.15) is 44.3 Å². The fourth-order valence-corrected chi connectivity index (χ4v) is 3.33. The van der Waals surface area contributed by atoms with Gasteiger partial charge in [-0.1, -0.05) is 12.1 Å². The smallest absolute Gasteiger partial charge is 0.261 e. The number of imide groups is 1. The first kappa shape index (κ1) is 17.8. The minimum Gasteiger partial charge on any atom is -0.349 e. The Bertz CT molecular complexity index is 1090. The lowest BCUT2D eigenvalue weighted by atomic mass is 10.1. The third-order valence-corrected chi connectivity index (χ3v) is 4.64. The molecule has 0 spiro atoms. The van der Waals surface area contributed by atoms with Crippen molar-refractivity contribution in [2.24, 2.45) is 0 Å². The molecule has 28 heavy (non-hydrogen) atoms. The van der Waals surface area contributed by atoms with E-state index in [0.29, 0.717) is 22.7 Å². The highest BCUT2D eigenvalue weighted by Gasteiger charge is 2.34. The van der Waals surface area contributed by atoms with Crippen LogP contribution in [0.15, 0.2) is 30.3 Å². The molecule has 9 heteroatoms. The summed E-state index contributed by atoms with van der Waals surface area (Å²) in [5.74, 6) is 0.0238. The van der Waals surface area contributed by atoms with E-state index in [1.807, 2.05) is 19.9 Å². The van der Waals surface area contributed by atoms with Gasteiger partial charge >= 0.3 is 0 Å². The highest BCUT2D eigenvalue weighted by molar-refractivity contribution is 6.21. The minimum atomic E-state index is -0.367. The summed E-state index contributed by atoms with van der Waals surface area (Å²) < 4.78 is 1.78. The van der Waals surface area contributed by atoms with Gasteiger partial charge in [0.05, 0.1) is 17.7 Å². The maximum Gasteiger partial charge on any atom is 0.261 e. The zero-order valence-corrected chi connectivity index (χ0v) is 15.5. The number of amides is 3. The average molecular weight is 378 g/mol. The molecule has 3 heterocycles. The van der Waals surface area contributed by atoms with Crippen LogP contribution in [-0.2, 0) is 11.3 Å². The lowest BCUT2D eigenvalue weighted by Crippen LogP contribution is -2.34. The lowest BCUT2D eigenvalue weighted by molar-refractivity contribution is -0.121. The first-order valence-corrected chi connectivity index (χ1v) is 8.86. The predicted octanol–water partition coefficient (Wildman–Crippen LogP) is 1.04. The van der Waals surface area contributed by atoms with Gasteiger partial charge in [-0.05, 0) is 32.0 Å². The monoisotopic (exact) mass is 378 g/mol. The van der Waals surface area contributed by atoms with Gasteiger partial charge in [0, 0.05) is 24.4 Å². The molecule has 4 rings (SSSR count). The summed E-state index contributed by atoms with van der Waals surface area (Å²) in [6.07, 6.45) is 0.0124. The second-order valence-corrected chi connectivity index (χ2v) is 6.62. The number of carbonyl (C=O) groups is 3. The van der Waals surface area contributed by atoms with Gasteiger partial charge in [-0.15, -0.1) is 10.2 Å². The number of hydrogen-bond acceptors (Lipinski definition) is 6. The number of fused-ring (bicyclic) bond motifs is 2. The van der Waals surface area contributed by atoms with Gasteiger partial charge in [-0.2, -0.15) is 0 Å². The van der Waals surface area contributed by atoms with Crippen LogP contribution in [0.5, 0.6) is 0 Å². The van der Waals surface area contributed by atoms with E-state index in [2.05, 4.69) is 20.5 Å². The Morgan fingerprint density at radius 3 is 2.43 bits per heavy atom. The van der Waals surface area contributed by atoms with Crippen LogP contribution in [-0.4, -0.2) is 48.7 Å². The Hall–Kier alpha value is -3.62. The number of carbonyl (C=O) groups excluding carboxylic acids is 3. The summed E-state index contributed by atoms with van der Waals surface area (Å²) in [6, 6.07) is 8.56. The van der Waals surface area contributed by atoms with Gasteiger partial charge < -0.3 is 5.32 Å². The van der Waals surface area contributed by atoms with Gasteiger partial charge in [-0.25, -0.2) is 4.98 Å². The molecule has 0 fully saturated rings. The van der Waals surface area contributed by atoms with Gasteiger partial charge in [0.1, 0.15) is 0 Å². The van der Waals surface area contributed by atoms with E-state index in [0.717, 1.165) is 16.3 Å². The molecule has 3 amide bonds. The van der Waals surface area contributed by atoms with Crippen LogP contribution in [0.4, 0.5) is 0 Å². The number of aromatic nitrogens is 4. The molecule has 142 valence electrons. The van der Waals surface area contributed by atoms with E-state index in [9.17, 15) is 14.4 Å². The number of aryl methyl sites for hydroxylation is 2. The van der Waals surface area contributed by atoms with E-state index in [1.165, 1.54) is 0 Å². The summed E-state index contributed by atoms with van der Waals surface area (Å²) in [6.45, 7) is 3.99. The predicted molar refractivity (Wildman–Crippen MR) is 98.5 cm³/mol. The van der Waals surface area contributed by atoms with Crippen molar-refractivity contribution in [3.63, 3.8) is 0 Å². The quantitative estimate of drug-likeness (QED) is 0.665. The third-order valence-electron chi connectivity index (χ3n) is 4.64. The summed E-state index contributed by atoms with van der Waals surface area (Å²) in [5.41, 5.74) is 2.51. The number of nitrogens with one attached hydrogen (secondary N) is 1. The van der Waals surface area contributed by atoms with E-state index in [4.69, 9.17) is 0 Å². The van der Waals surface area contributed by atoms with E-state index < -0.39 is 0 Å². The standard InChI is InChI=1S/C19H18N6O3/c1-11-9-12(2)25-15(22-23-19(25)21-11)10-20-16(26)7-8-24-17(27)13-5-3-4-6-14(13)18(24)28/h3-6,9H,7-8,10H2,1-2H3,(H,20,26). The summed E-state index contributed by atoms with van der Waals surface area (Å²) in [7, 11) is 0. The number of rotatable bonds is 5. The maximum atomic E-state index is 12.3. The second-order valence-electron chi connectivity index (χ2n) is 6.62. The molecule has 9 nitrogen and oxygen atoms in total. The molecule has 0 aliphatic carbocycles. The lowest BCUT2D eigenvalue weighted by Gasteiger charge is -2.13. The van der Waals surface area contributed by atoms with Crippen LogP contribution in [0.2, 0.25) is 0 Å². The molecular weight excluding hydrogens is 360 g/mol. The molecule has 0 atom stereocenters. The first-order valence-electron chi connectivity index (χ1n) is 8.86. The molecule has 0 saturated heterocycles. The molecule has 1 aromatic carbocycles. The SMILES string of the molecule is Cc1cc(C)n2c(CNC(=O)CCN3C(=O)c4ccccc4C3=O)nnc2n1. The highest BCUT2D eigenvalue weighted by atomic mass is 16.2.